The topological polar surface area (TPSA) is 73.1 Å². The van der Waals surface area contributed by atoms with E-state index in [1.165, 1.54) is 0 Å². The van der Waals surface area contributed by atoms with Crippen LogP contribution in [-0.4, -0.2) is 67.4 Å². The van der Waals surface area contributed by atoms with E-state index in [2.05, 4.69) is 33.8 Å². The Hall–Kier alpha value is -2.32. The van der Waals surface area contributed by atoms with Gasteiger partial charge in [0.1, 0.15) is 0 Å². The van der Waals surface area contributed by atoms with Gasteiger partial charge in [-0.15, -0.1) is 0 Å². The van der Waals surface area contributed by atoms with Crippen LogP contribution in [0.5, 0.6) is 17.2 Å². The van der Waals surface area contributed by atoms with Gasteiger partial charge in [-0.25, -0.2) is 0 Å². The molecule has 0 spiro atoms. The highest BCUT2D eigenvalue weighted by atomic mass is 16.5. The summed E-state index contributed by atoms with van der Waals surface area (Å²) in [6.45, 7) is 9.46. The number of nitrogens with zero attached hydrogens (tertiary/aromatic N) is 4. The van der Waals surface area contributed by atoms with E-state index in [0.717, 1.165) is 49.9 Å². The molecule has 0 amide bonds. The van der Waals surface area contributed by atoms with Gasteiger partial charge in [-0.1, -0.05) is 25.1 Å². The molecule has 0 N–H and O–H groups in total. The van der Waals surface area contributed by atoms with Crippen molar-refractivity contribution >= 4 is 0 Å². The fourth-order valence-electron chi connectivity index (χ4n) is 3.39. The summed E-state index contributed by atoms with van der Waals surface area (Å²) in [4.78, 5) is 9.23. The molecule has 0 bridgehead atoms. The molecule has 1 aromatic heterocycles. The molecule has 8 nitrogen and oxygen atoms in total. The van der Waals surface area contributed by atoms with E-state index in [1.54, 1.807) is 21.3 Å². The molecule has 1 fully saturated rings. The summed E-state index contributed by atoms with van der Waals surface area (Å²) in [5, 5.41) is 4.04. The van der Waals surface area contributed by atoms with Gasteiger partial charge in [-0.3, -0.25) is 9.80 Å². The van der Waals surface area contributed by atoms with Gasteiger partial charge in [0.05, 0.1) is 27.9 Å². The van der Waals surface area contributed by atoms with E-state index in [-0.39, 0.29) is 5.92 Å². The third kappa shape index (κ3) is 4.56. The van der Waals surface area contributed by atoms with Crippen molar-refractivity contribution in [2.24, 2.45) is 0 Å². The zero-order valence-corrected chi connectivity index (χ0v) is 17.4. The van der Waals surface area contributed by atoms with Crippen LogP contribution < -0.4 is 14.2 Å². The maximum absolute atomic E-state index is 5.60. The lowest BCUT2D eigenvalue weighted by molar-refractivity contribution is 0.111. The van der Waals surface area contributed by atoms with E-state index in [9.17, 15) is 0 Å². The van der Waals surface area contributed by atoms with Crippen LogP contribution in [0.15, 0.2) is 16.7 Å². The van der Waals surface area contributed by atoms with Gasteiger partial charge in [0.15, 0.2) is 17.3 Å². The Morgan fingerprint density at radius 1 is 0.929 bits per heavy atom. The lowest BCUT2D eigenvalue weighted by Gasteiger charge is -2.34. The number of ether oxygens (including phenoxy) is 3. The molecular weight excluding hydrogens is 360 g/mol. The standard InChI is InChI=1S/C20H30N4O4/c1-14(2)20-21-17(28-22-20)13-24-10-8-23(9-11-24)12-15-6-7-16(25-3)19(27-5)18(15)26-4/h6-7,14H,8-13H2,1-5H3. The minimum Gasteiger partial charge on any atom is -0.493 e. The molecule has 1 aliphatic rings. The molecule has 8 heteroatoms. The SMILES string of the molecule is COc1ccc(CN2CCN(Cc3nc(C(C)C)no3)CC2)c(OC)c1OC. The quantitative estimate of drug-likeness (QED) is 0.681. The van der Waals surface area contributed by atoms with Crippen molar-refractivity contribution in [3.05, 3.63) is 29.4 Å². The second-order valence-corrected chi connectivity index (χ2v) is 7.25. The summed E-state index contributed by atoms with van der Waals surface area (Å²) in [6, 6.07) is 3.97. The molecule has 2 heterocycles. The number of methoxy groups -OCH3 is 3. The first-order chi connectivity index (χ1) is 13.5. The van der Waals surface area contributed by atoms with Crippen LogP contribution in [0.1, 0.15) is 37.0 Å². The molecule has 1 aromatic carbocycles. The monoisotopic (exact) mass is 390 g/mol. The summed E-state index contributed by atoms with van der Waals surface area (Å²) >= 11 is 0. The first-order valence-electron chi connectivity index (χ1n) is 9.60. The summed E-state index contributed by atoms with van der Waals surface area (Å²) in [5.41, 5.74) is 1.09. The van der Waals surface area contributed by atoms with Crippen molar-refractivity contribution in [3.63, 3.8) is 0 Å². The number of hydrogen-bond donors (Lipinski definition) is 0. The van der Waals surface area contributed by atoms with E-state index < -0.39 is 0 Å². The molecule has 154 valence electrons. The predicted molar refractivity (Wildman–Crippen MR) is 105 cm³/mol. The molecule has 2 aromatic rings. The van der Waals surface area contributed by atoms with Gasteiger partial charge in [0.2, 0.25) is 11.6 Å². The van der Waals surface area contributed by atoms with Gasteiger partial charge in [-0.05, 0) is 6.07 Å². The third-order valence-electron chi connectivity index (χ3n) is 5.00. The van der Waals surface area contributed by atoms with Crippen LogP contribution in [0.3, 0.4) is 0 Å². The highest BCUT2D eigenvalue weighted by Gasteiger charge is 2.22. The minimum atomic E-state index is 0.283. The Morgan fingerprint density at radius 2 is 1.57 bits per heavy atom. The molecule has 0 radical (unpaired) electrons. The molecule has 1 saturated heterocycles. The first-order valence-corrected chi connectivity index (χ1v) is 9.60. The van der Waals surface area contributed by atoms with Crippen molar-refractivity contribution < 1.29 is 18.7 Å². The Balaban J connectivity index is 1.58. The van der Waals surface area contributed by atoms with Crippen LogP contribution in [0.25, 0.3) is 0 Å². The molecule has 1 aliphatic heterocycles. The van der Waals surface area contributed by atoms with Crippen molar-refractivity contribution in [1.82, 2.24) is 19.9 Å². The summed E-state index contributed by atoms with van der Waals surface area (Å²) in [7, 11) is 4.92. The zero-order chi connectivity index (χ0) is 20.1. The first kappa shape index (κ1) is 20.4. The van der Waals surface area contributed by atoms with E-state index in [0.29, 0.717) is 23.9 Å². The van der Waals surface area contributed by atoms with Gasteiger partial charge in [0.25, 0.3) is 0 Å². The van der Waals surface area contributed by atoms with Gasteiger partial charge >= 0.3 is 0 Å². The van der Waals surface area contributed by atoms with Crippen molar-refractivity contribution in [2.75, 3.05) is 47.5 Å². The van der Waals surface area contributed by atoms with E-state index in [1.807, 2.05) is 12.1 Å². The normalized spacial score (nSPS) is 15.8. The second kappa shape index (κ2) is 9.25. The highest BCUT2D eigenvalue weighted by Crippen LogP contribution is 2.40. The maximum atomic E-state index is 5.60. The minimum absolute atomic E-state index is 0.283. The average Bonchev–Trinajstić information content (AvgIpc) is 3.17. The Bertz CT molecular complexity index is 770. The molecule has 3 rings (SSSR count). The highest BCUT2D eigenvalue weighted by molar-refractivity contribution is 5.55. The van der Waals surface area contributed by atoms with Gasteiger partial charge in [0, 0.05) is 44.2 Å². The Morgan fingerprint density at radius 3 is 2.11 bits per heavy atom. The predicted octanol–water partition coefficient (Wildman–Crippen LogP) is 2.54. The van der Waals surface area contributed by atoms with Gasteiger partial charge in [-0.2, -0.15) is 4.98 Å². The van der Waals surface area contributed by atoms with E-state index >= 15 is 0 Å². The van der Waals surface area contributed by atoms with Crippen LogP contribution in [-0.2, 0) is 13.1 Å². The number of rotatable bonds is 8. The second-order valence-electron chi connectivity index (χ2n) is 7.25. The number of benzene rings is 1. The van der Waals surface area contributed by atoms with Crippen molar-refractivity contribution in [3.8, 4) is 17.2 Å². The molecule has 0 aliphatic carbocycles. The Kier molecular flexibility index (Phi) is 6.74. The fraction of sp³-hybridized carbons (Fsp3) is 0.600. The largest absolute Gasteiger partial charge is 0.493 e. The molecule has 0 unspecified atom stereocenters. The number of aromatic nitrogens is 2. The maximum Gasteiger partial charge on any atom is 0.240 e. The number of hydrogen-bond acceptors (Lipinski definition) is 8. The average molecular weight is 390 g/mol. The van der Waals surface area contributed by atoms with Crippen LogP contribution in [0.4, 0.5) is 0 Å². The van der Waals surface area contributed by atoms with Crippen LogP contribution in [0, 0.1) is 0 Å². The lowest BCUT2D eigenvalue weighted by Crippen LogP contribution is -2.45. The zero-order valence-electron chi connectivity index (χ0n) is 17.4. The fourth-order valence-corrected chi connectivity index (χ4v) is 3.39. The molecular formula is C20H30N4O4. The van der Waals surface area contributed by atoms with E-state index in [4.69, 9.17) is 18.7 Å². The van der Waals surface area contributed by atoms with Crippen LogP contribution in [0.2, 0.25) is 0 Å². The third-order valence-corrected chi connectivity index (χ3v) is 5.00. The smallest absolute Gasteiger partial charge is 0.240 e. The molecule has 0 saturated carbocycles. The molecule has 28 heavy (non-hydrogen) atoms. The summed E-state index contributed by atoms with van der Waals surface area (Å²) in [5.74, 6) is 3.79. The molecule has 0 atom stereocenters. The van der Waals surface area contributed by atoms with Crippen LogP contribution >= 0.6 is 0 Å². The number of piperazine rings is 1. The van der Waals surface area contributed by atoms with Gasteiger partial charge < -0.3 is 18.7 Å². The Labute approximate surface area is 166 Å². The van der Waals surface area contributed by atoms with Crippen molar-refractivity contribution in [1.29, 1.82) is 0 Å². The summed E-state index contributed by atoms with van der Waals surface area (Å²) < 4.78 is 21.8. The van der Waals surface area contributed by atoms with Crippen molar-refractivity contribution in [2.45, 2.75) is 32.9 Å². The summed E-state index contributed by atoms with van der Waals surface area (Å²) in [6.07, 6.45) is 0. The lowest BCUT2D eigenvalue weighted by atomic mass is 10.1.